The first-order valence-corrected chi connectivity index (χ1v) is 10.1. The van der Waals surface area contributed by atoms with E-state index in [4.69, 9.17) is 14.2 Å². The van der Waals surface area contributed by atoms with Crippen LogP contribution in [0, 0.1) is 6.92 Å². The third-order valence-corrected chi connectivity index (χ3v) is 4.81. The maximum atomic E-state index is 12.9. The Hall–Kier alpha value is -3.12. The Labute approximate surface area is 177 Å². The zero-order chi connectivity index (χ0) is 21.3. The van der Waals surface area contributed by atoms with Crippen LogP contribution in [0.1, 0.15) is 23.6 Å². The van der Waals surface area contributed by atoms with E-state index in [1.54, 1.807) is 17.9 Å². The number of nitrogens with zero attached hydrogens (tertiary/aromatic N) is 1. The quantitative estimate of drug-likeness (QED) is 0.519. The second-order valence-electron chi connectivity index (χ2n) is 6.94. The number of amides is 1. The monoisotopic (exact) mass is 409 g/mol. The summed E-state index contributed by atoms with van der Waals surface area (Å²) in [6.07, 6.45) is 1.69. The third-order valence-electron chi connectivity index (χ3n) is 4.81. The van der Waals surface area contributed by atoms with Crippen molar-refractivity contribution in [2.24, 2.45) is 0 Å². The fraction of sp³-hybridized carbons (Fsp3) is 0.333. The number of morpholine rings is 1. The first-order chi connectivity index (χ1) is 14.6. The fourth-order valence-corrected chi connectivity index (χ4v) is 3.27. The van der Waals surface area contributed by atoms with Gasteiger partial charge in [-0.25, -0.2) is 4.79 Å². The molecule has 6 heteroatoms. The molecular formula is C24H27NO5. The van der Waals surface area contributed by atoms with Crippen LogP contribution in [0.25, 0.3) is 5.57 Å². The molecule has 1 amide bonds. The summed E-state index contributed by atoms with van der Waals surface area (Å²) in [5.74, 6) is 0.179. The van der Waals surface area contributed by atoms with Gasteiger partial charge < -0.3 is 19.1 Å². The minimum Gasteiger partial charge on any atom is -0.482 e. The number of carbonyl (C=O) groups is 2. The van der Waals surface area contributed by atoms with E-state index < -0.39 is 5.97 Å². The van der Waals surface area contributed by atoms with Crippen molar-refractivity contribution >= 4 is 17.4 Å². The van der Waals surface area contributed by atoms with Crippen LogP contribution < -0.4 is 4.74 Å². The van der Waals surface area contributed by atoms with Gasteiger partial charge in [-0.15, -0.1) is 0 Å². The molecule has 0 bridgehead atoms. The molecule has 6 nitrogen and oxygen atoms in total. The van der Waals surface area contributed by atoms with Crippen LogP contribution in [-0.2, 0) is 19.1 Å². The third kappa shape index (κ3) is 5.70. The summed E-state index contributed by atoms with van der Waals surface area (Å²) in [4.78, 5) is 26.2. The van der Waals surface area contributed by atoms with Crippen molar-refractivity contribution in [1.82, 2.24) is 4.90 Å². The lowest BCUT2D eigenvalue weighted by Crippen LogP contribution is -2.39. The molecule has 158 valence electrons. The van der Waals surface area contributed by atoms with Gasteiger partial charge in [0, 0.05) is 19.2 Å². The average molecular weight is 409 g/mol. The Morgan fingerprint density at radius 1 is 1.07 bits per heavy atom. The number of aryl methyl sites for hydroxylation is 1. The minimum atomic E-state index is -0.401. The highest BCUT2D eigenvalue weighted by atomic mass is 16.6. The van der Waals surface area contributed by atoms with Crippen LogP contribution in [-0.4, -0.2) is 56.3 Å². The maximum Gasteiger partial charge on any atom is 0.344 e. The highest BCUT2D eigenvalue weighted by Gasteiger charge is 2.17. The molecular weight excluding hydrogens is 382 g/mol. The Bertz CT molecular complexity index is 901. The number of rotatable bonds is 7. The van der Waals surface area contributed by atoms with Gasteiger partial charge in [-0.2, -0.15) is 0 Å². The minimum absolute atomic E-state index is 0.0301. The molecule has 0 spiro atoms. The normalized spacial score (nSPS) is 14.3. The van der Waals surface area contributed by atoms with Crippen molar-refractivity contribution in [3.05, 3.63) is 71.3 Å². The van der Waals surface area contributed by atoms with E-state index in [0.29, 0.717) is 38.7 Å². The van der Waals surface area contributed by atoms with Gasteiger partial charge in [0.25, 0.3) is 0 Å². The number of ether oxygens (including phenoxy) is 3. The van der Waals surface area contributed by atoms with Crippen molar-refractivity contribution < 1.29 is 23.8 Å². The average Bonchev–Trinajstić information content (AvgIpc) is 2.78. The van der Waals surface area contributed by atoms with E-state index in [0.717, 1.165) is 22.3 Å². The molecule has 2 aromatic rings. The summed E-state index contributed by atoms with van der Waals surface area (Å²) in [5, 5.41) is 0. The number of carbonyl (C=O) groups excluding carboxylic acids is 2. The van der Waals surface area contributed by atoms with Gasteiger partial charge >= 0.3 is 5.97 Å². The van der Waals surface area contributed by atoms with E-state index >= 15 is 0 Å². The summed E-state index contributed by atoms with van der Waals surface area (Å²) >= 11 is 0. The van der Waals surface area contributed by atoms with Crippen molar-refractivity contribution in [2.45, 2.75) is 13.8 Å². The van der Waals surface area contributed by atoms with E-state index in [9.17, 15) is 9.59 Å². The molecule has 1 fully saturated rings. The van der Waals surface area contributed by atoms with E-state index in [1.807, 2.05) is 55.5 Å². The highest BCUT2D eigenvalue weighted by molar-refractivity contribution is 5.99. The number of hydrogen-bond donors (Lipinski definition) is 0. The van der Waals surface area contributed by atoms with Gasteiger partial charge in [-0.1, -0.05) is 36.4 Å². The molecule has 0 aromatic heterocycles. The van der Waals surface area contributed by atoms with E-state index in [1.165, 1.54) is 0 Å². The molecule has 1 aliphatic rings. The van der Waals surface area contributed by atoms with Crippen LogP contribution in [0.4, 0.5) is 0 Å². The smallest absolute Gasteiger partial charge is 0.344 e. The molecule has 0 saturated carbocycles. The molecule has 30 heavy (non-hydrogen) atoms. The Morgan fingerprint density at radius 3 is 2.47 bits per heavy atom. The highest BCUT2D eigenvalue weighted by Crippen LogP contribution is 2.28. The van der Waals surface area contributed by atoms with Gasteiger partial charge in [-0.3, -0.25) is 4.79 Å². The number of esters is 1. The Morgan fingerprint density at radius 2 is 1.80 bits per heavy atom. The molecule has 0 atom stereocenters. The Balaban J connectivity index is 1.86. The largest absolute Gasteiger partial charge is 0.482 e. The van der Waals surface area contributed by atoms with Crippen LogP contribution in [0.2, 0.25) is 0 Å². The zero-order valence-corrected chi connectivity index (χ0v) is 17.4. The molecule has 1 aliphatic heterocycles. The van der Waals surface area contributed by atoms with E-state index in [-0.39, 0.29) is 12.5 Å². The standard InChI is InChI=1S/C24H27NO5/c1-3-29-24(27)17-30-22-10-9-20(15-18(22)2)21(19-7-5-4-6-8-19)16-23(26)25-11-13-28-14-12-25/h4-10,15-16H,3,11-14,17H2,1-2H3. The summed E-state index contributed by atoms with van der Waals surface area (Å²) in [6, 6.07) is 15.5. The van der Waals surface area contributed by atoms with Crippen LogP contribution in [0.5, 0.6) is 5.75 Å². The summed E-state index contributed by atoms with van der Waals surface area (Å²) in [6.45, 7) is 6.17. The van der Waals surface area contributed by atoms with Gasteiger partial charge in [0.2, 0.25) is 5.91 Å². The number of benzene rings is 2. The predicted octanol–water partition coefficient (Wildman–Crippen LogP) is 3.23. The van der Waals surface area contributed by atoms with Crippen molar-refractivity contribution in [3.63, 3.8) is 0 Å². The first kappa shape index (κ1) is 21.6. The SMILES string of the molecule is CCOC(=O)COc1ccc(C(=CC(=O)N2CCOCC2)c2ccccc2)cc1C. The molecule has 0 aliphatic carbocycles. The fourth-order valence-electron chi connectivity index (χ4n) is 3.27. The lowest BCUT2D eigenvalue weighted by molar-refractivity contribution is -0.145. The zero-order valence-electron chi connectivity index (χ0n) is 17.4. The lowest BCUT2D eigenvalue weighted by Gasteiger charge is -2.26. The molecule has 0 N–H and O–H groups in total. The second kappa shape index (κ2) is 10.6. The summed E-state index contributed by atoms with van der Waals surface area (Å²) in [7, 11) is 0. The number of hydrogen-bond acceptors (Lipinski definition) is 5. The van der Waals surface area contributed by atoms with Crippen LogP contribution in [0.3, 0.4) is 0 Å². The molecule has 0 radical (unpaired) electrons. The summed E-state index contributed by atoms with van der Waals surface area (Å²) < 4.78 is 15.8. The molecule has 1 saturated heterocycles. The predicted molar refractivity (Wildman–Crippen MR) is 114 cm³/mol. The van der Waals surface area contributed by atoms with Crippen molar-refractivity contribution in [3.8, 4) is 5.75 Å². The molecule has 2 aromatic carbocycles. The van der Waals surface area contributed by atoms with Crippen LogP contribution >= 0.6 is 0 Å². The van der Waals surface area contributed by atoms with Crippen molar-refractivity contribution in [2.75, 3.05) is 39.5 Å². The summed E-state index contributed by atoms with van der Waals surface area (Å²) in [5.41, 5.74) is 3.58. The molecule has 1 heterocycles. The topological polar surface area (TPSA) is 65.1 Å². The Kier molecular flexibility index (Phi) is 7.63. The lowest BCUT2D eigenvalue weighted by atomic mass is 9.95. The van der Waals surface area contributed by atoms with Gasteiger partial charge in [0.05, 0.1) is 19.8 Å². The molecule has 0 unspecified atom stereocenters. The van der Waals surface area contributed by atoms with Gasteiger partial charge in [0.1, 0.15) is 5.75 Å². The van der Waals surface area contributed by atoms with Gasteiger partial charge in [0.15, 0.2) is 6.61 Å². The first-order valence-electron chi connectivity index (χ1n) is 10.1. The maximum absolute atomic E-state index is 12.9. The van der Waals surface area contributed by atoms with Crippen molar-refractivity contribution in [1.29, 1.82) is 0 Å². The van der Waals surface area contributed by atoms with E-state index in [2.05, 4.69) is 0 Å². The second-order valence-corrected chi connectivity index (χ2v) is 6.94. The molecule has 3 rings (SSSR count). The van der Waals surface area contributed by atoms with Crippen LogP contribution in [0.15, 0.2) is 54.6 Å². The van der Waals surface area contributed by atoms with Gasteiger partial charge in [-0.05, 0) is 48.2 Å².